The highest BCUT2D eigenvalue weighted by Crippen LogP contribution is 2.42. The number of aliphatic imine (C=N–C) groups is 2. The van der Waals surface area contributed by atoms with Crippen LogP contribution in [0.25, 0.3) is 5.57 Å². The molecule has 0 radical (unpaired) electrons. The molecule has 1 unspecified atom stereocenters. The van der Waals surface area contributed by atoms with Gasteiger partial charge in [-0.1, -0.05) is 6.58 Å². The first kappa shape index (κ1) is 17.9. The van der Waals surface area contributed by atoms with Crippen LogP contribution in [0.2, 0.25) is 0 Å². The third-order valence-corrected chi connectivity index (χ3v) is 5.55. The molecule has 27 heavy (non-hydrogen) atoms. The lowest BCUT2D eigenvalue weighted by Gasteiger charge is -2.40. The summed E-state index contributed by atoms with van der Waals surface area (Å²) in [6.45, 7) is 13.7. The van der Waals surface area contributed by atoms with E-state index in [2.05, 4.69) is 48.4 Å². The Kier molecular flexibility index (Phi) is 4.38. The van der Waals surface area contributed by atoms with Crippen molar-refractivity contribution in [2.45, 2.75) is 26.8 Å². The highest BCUT2D eigenvalue weighted by Gasteiger charge is 2.34. The van der Waals surface area contributed by atoms with E-state index >= 15 is 0 Å². The molecule has 0 spiro atoms. The Morgan fingerprint density at radius 2 is 1.89 bits per heavy atom. The van der Waals surface area contributed by atoms with Crippen LogP contribution in [0, 0.1) is 5.82 Å². The molecule has 0 bridgehead atoms. The molecule has 142 valence electrons. The summed E-state index contributed by atoms with van der Waals surface area (Å²) in [6.07, 6.45) is 2.11. The molecule has 1 aromatic rings. The number of anilines is 1. The van der Waals surface area contributed by atoms with Gasteiger partial charge in [0.15, 0.2) is 11.7 Å². The summed E-state index contributed by atoms with van der Waals surface area (Å²) in [5.74, 6) is 1.40. The topological polar surface area (TPSA) is 34.4 Å². The summed E-state index contributed by atoms with van der Waals surface area (Å²) < 4.78 is 14.6. The van der Waals surface area contributed by atoms with Crippen LogP contribution in [-0.2, 0) is 0 Å². The van der Waals surface area contributed by atoms with E-state index in [1.54, 1.807) is 6.07 Å². The average molecular weight is 367 g/mol. The Bertz CT molecular complexity index is 890. The first-order chi connectivity index (χ1) is 12.9. The van der Waals surface area contributed by atoms with Crippen molar-refractivity contribution in [2.75, 3.05) is 38.1 Å². The molecule has 5 nitrogen and oxygen atoms in total. The van der Waals surface area contributed by atoms with Gasteiger partial charge in [0.1, 0.15) is 11.5 Å². The van der Waals surface area contributed by atoms with E-state index in [1.165, 1.54) is 11.6 Å². The zero-order valence-electron chi connectivity index (χ0n) is 16.5. The van der Waals surface area contributed by atoms with Crippen molar-refractivity contribution >= 4 is 28.6 Å². The molecule has 1 aromatic carbocycles. The summed E-state index contributed by atoms with van der Waals surface area (Å²) in [4.78, 5) is 16.5. The maximum Gasteiger partial charge on any atom is 0.176 e. The number of rotatable bonds is 1. The lowest BCUT2D eigenvalue weighted by molar-refractivity contribution is 0.217. The van der Waals surface area contributed by atoms with Crippen LogP contribution in [0.4, 0.5) is 15.8 Å². The Balaban J connectivity index is 1.90. The van der Waals surface area contributed by atoms with Gasteiger partial charge in [0.25, 0.3) is 0 Å². The van der Waals surface area contributed by atoms with Crippen LogP contribution >= 0.6 is 0 Å². The third-order valence-electron chi connectivity index (χ3n) is 5.55. The van der Waals surface area contributed by atoms with E-state index in [0.717, 1.165) is 43.5 Å². The predicted octanol–water partition coefficient (Wildman–Crippen LogP) is 3.66. The van der Waals surface area contributed by atoms with Crippen LogP contribution in [0.3, 0.4) is 0 Å². The molecule has 1 saturated heterocycles. The molecule has 1 atom stereocenters. The molecule has 6 heteroatoms. The summed E-state index contributed by atoms with van der Waals surface area (Å²) >= 11 is 0. The quantitative estimate of drug-likeness (QED) is 0.760. The van der Waals surface area contributed by atoms with Crippen molar-refractivity contribution < 1.29 is 4.39 Å². The van der Waals surface area contributed by atoms with Gasteiger partial charge in [0, 0.05) is 37.9 Å². The molecule has 0 N–H and O–H groups in total. The normalized spacial score (nSPS) is 22.6. The minimum absolute atomic E-state index is 0.108. The number of nitrogens with zero attached hydrogens (tertiary/aromatic N) is 5. The largest absolute Gasteiger partial charge is 0.351 e. The second-order valence-electron chi connectivity index (χ2n) is 7.67. The van der Waals surface area contributed by atoms with E-state index in [9.17, 15) is 4.39 Å². The second kappa shape index (κ2) is 6.60. The van der Waals surface area contributed by atoms with E-state index in [0.29, 0.717) is 16.8 Å². The van der Waals surface area contributed by atoms with Gasteiger partial charge in [-0.3, -0.25) is 9.89 Å². The van der Waals surface area contributed by atoms with Gasteiger partial charge < -0.3 is 9.80 Å². The van der Waals surface area contributed by atoms with Crippen molar-refractivity contribution in [1.29, 1.82) is 0 Å². The molecule has 0 amide bonds. The smallest absolute Gasteiger partial charge is 0.176 e. The van der Waals surface area contributed by atoms with E-state index in [1.807, 2.05) is 6.92 Å². The van der Waals surface area contributed by atoms with E-state index in [-0.39, 0.29) is 11.9 Å². The molecular weight excluding hydrogens is 341 g/mol. The fraction of sp³-hybridized carbons (Fsp3) is 0.429. The molecule has 0 aromatic heterocycles. The molecule has 0 saturated carbocycles. The Morgan fingerprint density at radius 1 is 1.19 bits per heavy atom. The van der Waals surface area contributed by atoms with E-state index in [4.69, 9.17) is 9.98 Å². The fourth-order valence-corrected chi connectivity index (χ4v) is 3.72. The Labute approximate surface area is 160 Å². The number of allylic oxidation sites excluding steroid dienone is 1. The fourth-order valence-electron chi connectivity index (χ4n) is 3.72. The first-order valence-electron chi connectivity index (χ1n) is 9.43. The third kappa shape index (κ3) is 2.98. The van der Waals surface area contributed by atoms with Gasteiger partial charge in [-0.2, -0.15) is 0 Å². The molecular formula is C21H26FN5. The van der Waals surface area contributed by atoms with Crippen molar-refractivity contribution in [3.05, 3.63) is 41.9 Å². The number of fused-ring (bicyclic) bond motifs is 3. The highest BCUT2D eigenvalue weighted by molar-refractivity contribution is 6.48. The molecule has 1 fully saturated rings. The van der Waals surface area contributed by atoms with Gasteiger partial charge in [0.2, 0.25) is 0 Å². The zero-order valence-corrected chi connectivity index (χ0v) is 16.5. The van der Waals surface area contributed by atoms with Crippen molar-refractivity contribution in [1.82, 2.24) is 9.80 Å². The maximum atomic E-state index is 14.6. The monoisotopic (exact) mass is 367 g/mol. The van der Waals surface area contributed by atoms with Gasteiger partial charge in [0.05, 0.1) is 11.7 Å². The molecule has 4 rings (SSSR count). The van der Waals surface area contributed by atoms with Gasteiger partial charge in [-0.25, -0.2) is 9.38 Å². The summed E-state index contributed by atoms with van der Waals surface area (Å²) in [7, 11) is 2.13. The second-order valence-corrected chi connectivity index (χ2v) is 7.67. The zero-order chi connectivity index (χ0) is 19.3. The van der Waals surface area contributed by atoms with Crippen LogP contribution < -0.4 is 4.90 Å². The van der Waals surface area contributed by atoms with Crippen LogP contribution in [0.5, 0.6) is 0 Å². The lowest BCUT2D eigenvalue weighted by Crippen LogP contribution is -2.53. The standard InChI is InChI=1S/C21H26FN5/c1-13(2)18-16(22)6-7-17-19(18)24-20(26-10-8-25(5)9-11-26)21-23-15(4)14(3)12-27(17)21/h6-7,12,15H,1,8-11H2,2-5H3. The minimum atomic E-state index is -0.283. The number of piperazine rings is 1. The summed E-state index contributed by atoms with van der Waals surface area (Å²) in [5, 5.41) is 0. The highest BCUT2D eigenvalue weighted by atomic mass is 19.1. The van der Waals surface area contributed by atoms with Gasteiger partial charge in [-0.15, -0.1) is 0 Å². The number of hydrogen-bond acceptors (Lipinski definition) is 5. The van der Waals surface area contributed by atoms with Crippen molar-refractivity contribution in [3.8, 4) is 0 Å². The van der Waals surface area contributed by atoms with Gasteiger partial charge >= 0.3 is 0 Å². The van der Waals surface area contributed by atoms with Gasteiger partial charge in [-0.05, 0) is 51.1 Å². The van der Waals surface area contributed by atoms with E-state index < -0.39 is 0 Å². The molecule has 3 heterocycles. The molecule has 3 aliphatic heterocycles. The maximum absolute atomic E-state index is 14.6. The lowest BCUT2D eigenvalue weighted by atomic mass is 10.0. The number of benzene rings is 1. The minimum Gasteiger partial charge on any atom is -0.351 e. The van der Waals surface area contributed by atoms with Crippen LogP contribution in [0.15, 0.2) is 40.5 Å². The summed E-state index contributed by atoms with van der Waals surface area (Å²) in [5.41, 5.74) is 3.84. The van der Waals surface area contributed by atoms with Crippen LogP contribution in [-0.4, -0.2) is 60.7 Å². The average Bonchev–Trinajstić information content (AvgIpc) is 2.62. The Hall–Kier alpha value is -2.47. The molecule has 0 aliphatic carbocycles. The predicted molar refractivity (Wildman–Crippen MR) is 110 cm³/mol. The first-order valence-corrected chi connectivity index (χ1v) is 9.43. The van der Waals surface area contributed by atoms with Crippen molar-refractivity contribution in [2.24, 2.45) is 9.98 Å². The van der Waals surface area contributed by atoms with Crippen LogP contribution in [0.1, 0.15) is 26.3 Å². The molecule has 3 aliphatic rings. The summed E-state index contributed by atoms with van der Waals surface area (Å²) in [6, 6.07) is 3.39. The van der Waals surface area contributed by atoms with Crippen molar-refractivity contribution in [3.63, 3.8) is 0 Å². The SMILES string of the molecule is C=C(C)c1c(F)ccc2c1N=C(N1CCN(C)CC1)C1=NC(C)C(C)=CN12. The number of halogens is 1. The number of hydrogen-bond donors (Lipinski definition) is 0. The number of amidine groups is 2. The Morgan fingerprint density at radius 3 is 2.56 bits per heavy atom. The number of likely N-dealkylation sites (N-methyl/N-ethyl adjacent to an activating group) is 1.